The predicted molar refractivity (Wildman–Crippen MR) is 62.2 cm³/mol. The lowest BCUT2D eigenvalue weighted by Crippen LogP contribution is -1.94. The Kier molecular flexibility index (Phi) is 2.19. The van der Waals surface area contributed by atoms with Crippen LogP contribution in [0.15, 0.2) is 18.2 Å². The minimum absolute atomic E-state index is 0.523. The molecule has 1 aromatic heterocycles. The number of para-hydroxylation sites is 1. The van der Waals surface area contributed by atoms with E-state index in [2.05, 4.69) is 37.0 Å². The highest BCUT2D eigenvalue weighted by atomic mass is 32.1. The summed E-state index contributed by atoms with van der Waals surface area (Å²) >= 11 is 5.21. The van der Waals surface area contributed by atoms with Crippen LogP contribution in [0.4, 0.5) is 0 Å². The van der Waals surface area contributed by atoms with Gasteiger partial charge in [-0.05, 0) is 29.8 Å². The quantitative estimate of drug-likeness (QED) is 0.709. The molecule has 0 saturated carbocycles. The highest BCUT2D eigenvalue weighted by molar-refractivity contribution is 7.71. The maximum absolute atomic E-state index is 5.21. The van der Waals surface area contributed by atoms with Crippen molar-refractivity contribution < 1.29 is 0 Å². The molecule has 1 aromatic carbocycles. The highest BCUT2D eigenvalue weighted by Gasteiger charge is 2.08. The van der Waals surface area contributed by atoms with E-state index in [1.165, 1.54) is 11.1 Å². The van der Waals surface area contributed by atoms with E-state index in [4.69, 9.17) is 12.2 Å². The Labute approximate surface area is 88.6 Å². The number of benzene rings is 1. The van der Waals surface area contributed by atoms with Crippen molar-refractivity contribution in [3.63, 3.8) is 0 Å². The molecule has 1 N–H and O–H groups in total. The Balaban J connectivity index is 2.91. The molecule has 74 valence electrons. The Bertz CT molecular complexity index is 520. The molecule has 0 unspecified atom stereocenters. The number of nitrogens with one attached hydrogen (secondary N) is 1. The Morgan fingerprint density at radius 3 is 2.71 bits per heavy atom. The molecular weight excluding hydrogens is 192 g/mol. The highest BCUT2D eigenvalue weighted by Crippen LogP contribution is 2.24. The number of fused-ring (bicyclic) bond motifs is 1. The van der Waals surface area contributed by atoms with Gasteiger partial charge in [-0.15, -0.1) is 0 Å². The molecule has 0 aliphatic carbocycles. The molecule has 0 amide bonds. The lowest BCUT2D eigenvalue weighted by atomic mass is 10.0. The van der Waals surface area contributed by atoms with Crippen LogP contribution in [0.1, 0.15) is 25.3 Å². The maximum Gasteiger partial charge on any atom is 0.177 e. The van der Waals surface area contributed by atoms with Gasteiger partial charge in [-0.25, -0.2) is 0 Å². The minimum atomic E-state index is 0.523. The summed E-state index contributed by atoms with van der Waals surface area (Å²) in [5.74, 6) is 0.523. The van der Waals surface area contributed by atoms with Crippen molar-refractivity contribution in [1.29, 1.82) is 0 Å². The van der Waals surface area contributed by atoms with Crippen molar-refractivity contribution in [2.45, 2.75) is 19.8 Å². The van der Waals surface area contributed by atoms with Gasteiger partial charge in [-0.2, -0.15) is 0 Å². The Hall–Kier alpha value is -1.09. The molecule has 0 saturated heterocycles. The normalized spacial score (nSPS) is 11.4. The number of rotatable bonds is 1. The molecule has 0 aliphatic heterocycles. The zero-order chi connectivity index (χ0) is 10.3. The smallest absolute Gasteiger partial charge is 0.177 e. The van der Waals surface area contributed by atoms with Crippen molar-refractivity contribution in [3.8, 4) is 0 Å². The van der Waals surface area contributed by atoms with Gasteiger partial charge in [0.15, 0.2) is 4.77 Å². The summed E-state index contributed by atoms with van der Waals surface area (Å²) in [5.41, 5.74) is 3.70. The Morgan fingerprint density at radius 1 is 1.36 bits per heavy atom. The van der Waals surface area contributed by atoms with Crippen LogP contribution >= 0.6 is 12.2 Å². The van der Waals surface area contributed by atoms with Gasteiger partial charge in [0.1, 0.15) is 0 Å². The SMILES string of the molecule is CC(C)c1cccc2[nH]c(=S)n(C)c12. The summed E-state index contributed by atoms with van der Waals surface area (Å²) in [6.45, 7) is 4.40. The summed E-state index contributed by atoms with van der Waals surface area (Å²) in [4.78, 5) is 3.20. The molecule has 0 aliphatic rings. The molecule has 14 heavy (non-hydrogen) atoms. The Morgan fingerprint density at radius 2 is 2.07 bits per heavy atom. The molecule has 2 aromatic rings. The van der Waals surface area contributed by atoms with Crippen molar-refractivity contribution in [3.05, 3.63) is 28.5 Å². The second kappa shape index (κ2) is 3.24. The van der Waals surface area contributed by atoms with Crippen LogP contribution in [-0.2, 0) is 7.05 Å². The van der Waals surface area contributed by atoms with E-state index < -0.39 is 0 Å². The summed E-state index contributed by atoms with van der Waals surface area (Å²) < 4.78 is 2.83. The second-order valence-electron chi connectivity index (χ2n) is 3.89. The van der Waals surface area contributed by atoms with Gasteiger partial charge in [-0.3, -0.25) is 0 Å². The summed E-state index contributed by atoms with van der Waals surface area (Å²) in [6.07, 6.45) is 0. The molecule has 2 nitrogen and oxygen atoms in total. The molecule has 0 radical (unpaired) electrons. The number of imidazole rings is 1. The number of aromatic nitrogens is 2. The molecule has 0 spiro atoms. The first-order valence-corrected chi connectivity index (χ1v) is 5.19. The average Bonchev–Trinajstić information content (AvgIpc) is 2.43. The van der Waals surface area contributed by atoms with Gasteiger partial charge >= 0.3 is 0 Å². The van der Waals surface area contributed by atoms with Crippen LogP contribution in [-0.4, -0.2) is 9.55 Å². The third-order valence-electron chi connectivity index (χ3n) is 2.57. The zero-order valence-electron chi connectivity index (χ0n) is 8.66. The van der Waals surface area contributed by atoms with Crippen LogP contribution in [0.5, 0.6) is 0 Å². The van der Waals surface area contributed by atoms with Crippen molar-refractivity contribution in [1.82, 2.24) is 9.55 Å². The van der Waals surface area contributed by atoms with Crippen LogP contribution in [0.2, 0.25) is 0 Å². The largest absolute Gasteiger partial charge is 0.331 e. The third kappa shape index (κ3) is 1.28. The van der Waals surface area contributed by atoms with Crippen LogP contribution in [0, 0.1) is 4.77 Å². The van der Waals surface area contributed by atoms with Crippen molar-refractivity contribution in [2.24, 2.45) is 7.05 Å². The van der Waals surface area contributed by atoms with E-state index in [1.807, 2.05) is 11.6 Å². The molecule has 2 rings (SSSR count). The van der Waals surface area contributed by atoms with E-state index in [9.17, 15) is 0 Å². The van der Waals surface area contributed by atoms with E-state index >= 15 is 0 Å². The standard InChI is InChI=1S/C11H14N2S/c1-7(2)8-5-4-6-9-10(8)13(3)11(14)12-9/h4-7H,1-3H3,(H,12,14). The first-order chi connectivity index (χ1) is 6.61. The number of hydrogen-bond acceptors (Lipinski definition) is 1. The molecule has 1 heterocycles. The fourth-order valence-corrected chi connectivity index (χ4v) is 2.00. The number of aryl methyl sites for hydroxylation is 1. The zero-order valence-corrected chi connectivity index (χ0v) is 9.48. The van der Waals surface area contributed by atoms with Gasteiger partial charge in [0, 0.05) is 7.05 Å². The number of H-pyrrole nitrogens is 1. The second-order valence-corrected chi connectivity index (χ2v) is 4.27. The van der Waals surface area contributed by atoms with Crippen LogP contribution in [0.3, 0.4) is 0 Å². The number of hydrogen-bond donors (Lipinski definition) is 1. The number of aromatic amines is 1. The van der Waals surface area contributed by atoms with E-state index in [-0.39, 0.29) is 0 Å². The van der Waals surface area contributed by atoms with E-state index in [0.29, 0.717) is 5.92 Å². The third-order valence-corrected chi connectivity index (χ3v) is 2.95. The number of nitrogens with zero attached hydrogens (tertiary/aromatic N) is 1. The van der Waals surface area contributed by atoms with Crippen molar-refractivity contribution >= 4 is 23.3 Å². The first-order valence-electron chi connectivity index (χ1n) is 4.79. The monoisotopic (exact) mass is 206 g/mol. The van der Waals surface area contributed by atoms with E-state index in [0.717, 1.165) is 10.3 Å². The minimum Gasteiger partial charge on any atom is -0.331 e. The molecule has 0 atom stereocenters. The van der Waals surface area contributed by atoms with Gasteiger partial charge in [0.05, 0.1) is 11.0 Å². The fraction of sp³-hybridized carbons (Fsp3) is 0.364. The first kappa shape index (κ1) is 9.46. The molecule has 0 bridgehead atoms. The summed E-state index contributed by atoms with van der Waals surface area (Å²) in [5, 5.41) is 0. The van der Waals surface area contributed by atoms with Crippen LogP contribution < -0.4 is 0 Å². The predicted octanol–water partition coefficient (Wildman–Crippen LogP) is 3.36. The van der Waals surface area contributed by atoms with Gasteiger partial charge in [0.25, 0.3) is 0 Å². The van der Waals surface area contributed by atoms with Gasteiger partial charge < -0.3 is 9.55 Å². The molecule has 0 fully saturated rings. The van der Waals surface area contributed by atoms with Crippen LogP contribution in [0.25, 0.3) is 11.0 Å². The summed E-state index contributed by atoms with van der Waals surface area (Å²) in [7, 11) is 2.01. The topological polar surface area (TPSA) is 20.7 Å². The van der Waals surface area contributed by atoms with Gasteiger partial charge in [-0.1, -0.05) is 26.0 Å². The average molecular weight is 206 g/mol. The molecular formula is C11H14N2S. The van der Waals surface area contributed by atoms with Gasteiger partial charge in [0.2, 0.25) is 0 Å². The lowest BCUT2D eigenvalue weighted by Gasteiger charge is -2.07. The van der Waals surface area contributed by atoms with E-state index in [1.54, 1.807) is 0 Å². The lowest BCUT2D eigenvalue weighted by molar-refractivity contribution is 0.851. The van der Waals surface area contributed by atoms with Crippen molar-refractivity contribution in [2.75, 3.05) is 0 Å². The summed E-state index contributed by atoms with van der Waals surface area (Å²) in [6, 6.07) is 6.30. The fourth-order valence-electron chi connectivity index (χ4n) is 1.80. The maximum atomic E-state index is 5.21. The molecule has 3 heteroatoms.